The van der Waals surface area contributed by atoms with Crippen molar-refractivity contribution in [2.45, 2.75) is 84.3 Å². The molecule has 1 fully saturated rings. The summed E-state index contributed by atoms with van der Waals surface area (Å²) in [6.45, 7) is 11.3. The number of amides is 3. The molecule has 12 nitrogen and oxygen atoms in total. The Labute approximate surface area is 231 Å². The maximum atomic E-state index is 12.7. The summed E-state index contributed by atoms with van der Waals surface area (Å²) in [5.74, 6) is -1.54. The number of aromatic hydroxyl groups is 1. The predicted octanol–water partition coefficient (Wildman–Crippen LogP) is 4.55. The highest BCUT2D eigenvalue weighted by Gasteiger charge is 2.38. The fraction of sp³-hybridized carbons (Fsp3) is 0.500. The van der Waals surface area contributed by atoms with E-state index in [1.54, 1.807) is 6.92 Å². The largest absolute Gasteiger partial charge is 0.504 e. The summed E-state index contributed by atoms with van der Waals surface area (Å²) in [6, 6.07) is 4.77. The second-order valence-electron chi connectivity index (χ2n) is 10.9. The van der Waals surface area contributed by atoms with E-state index in [9.17, 15) is 24.8 Å². The molecule has 5 N–H and O–H groups in total. The van der Waals surface area contributed by atoms with E-state index in [4.69, 9.17) is 0 Å². The third-order valence-corrected chi connectivity index (χ3v) is 6.85. The van der Waals surface area contributed by atoms with Crippen molar-refractivity contribution in [1.82, 2.24) is 15.0 Å². The number of hydrogen-bond donors (Lipinski definition) is 5. The molecule has 2 aromatic rings. The summed E-state index contributed by atoms with van der Waals surface area (Å²) in [4.78, 5) is 36.9. The molecule has 0 radical (unpaired) electrons. The molecule has 1 saturated heterocycles. The van der Waals surface area contributed by atoms with Gasteiger partial charge in [0.15, 0.2) is 10.8 Å². The number of azo groups is 1. The van der Waals surface area contributed by atoms with Crippen LogP contribution in [-0.4, -0.2) is 44.3 Å². The smallest absolute Gasteiger partial charge is 0.224 e. The highest BCUT2D eigenvalue weighted by atomic mass is 32.1. The topological polar surface area (TPSA) is 181 Å². The number of anilines is 2. The van der Waals surface area contributed by atoms with E-state index in [1.807, 2.05) is 6.07 Å². The maximum Gasteiger partial charge on any atom is 0.224 e. The molecule has 0 atom stereocenters. The molecular formula is C26H34N8O4S. The van der Waals surface area contributed by atoms with Crippen LogP contribution in [0.3, 0.4) is 0 Å². The lowest BCUT2D eigenvalue weighted by Gasteiger charge is -2.46. The first kappa shape index (κ1) is 29.7. The van der Waals surface area contributed by atoms with E-state index in [0.717, 1.165) is 24.4 Å². The quantitative estimate of drug-likeness (QED) is 0.234. The second kappa shape index (κ2) is 11.9. The SMILES string of the molecule is CC(=O)Nc1cc(N=Nc2snc(C)c2C#N)cc(NC(=O)CCC(=O)NC2CC(C)(C)NC(C)(C)C2)c1O. The van der Waals surface area contributed by atoms with Gasteiger partial charge in [-0.25, -0.2) is 0 Å². The standard InChI is InChI=1S/C26H34N8O4S/c1-14-18(13-27)24(39-33-14)32-31-16-9-19(28-15(2)35)23(38)20(10-16)30-22(37)8-7-21(36)29-17-11-25(3,4)34-26(5,6)12-17/h9-10,17,34,38H,7-8,11-12H2,1-6H3,(H,28,35)(H,29,36)(H,30,37). The molecule has 1 aromatic heterocycles. The molecule has 39 heavy (non-hydrogen) atoms. The minimum Gasteiger partial charge on any atom is -0.504 e. The number of benzene rings is 1. The molecule has 1 aliphatic rings. The van der Waals surface area contributed by atoms with Crippen molar-refractivity contribution in [3.05, 3.63) is 23.4 Å². The van der Waals surface area contributed by atoms with E-state index < -0.39 is 11.8 Å². The van der Waals surface area contributed by atoms with Gasteiger partial charge >= 0.3 is 0 Å². The monoisotopic (exact) mass is 554 g/mol. The summed E-state index contributed by atoms with van der Waals surface area (Å²) in [5.41, 5.74) is 0.789. The number of piperidine rings is 1. The number of phenolic OH excluding ortho intramolecular Hbond substituents is 1. The van der Waals surface area contributed by atoms with Gasteiger partial charge in [0.25, 0.3) is 0 Å². The van der Waals surface area contributed by atoms with Crippen LogP contribution in [0.5, 0.6) is 5.75 Å². The molecule has 13 heteroatoms. The van der Waals surface area contributed by atoms with E-state index >= 15 is 0 Å². The molecule has 0 bridgehead atoms. The fourth-order valence-corrected chi connectivity index (χ4v) is 5.56. The first-order valence-electron chi connectivity index (χ1n) is 12.5. The molecule has 1 aliphatic heterocycles. The van der Waals surface area contributed by atoms with Crippen molar-refractivity contribution >= 4 is 51.3 Å². The van der Waals surface area contributed by atoms with E-state index in [-0.39, 0.29) is 58.7 Å². The zero-order chi connectivity index (χ0) is 29.0. The normalized spacial score (nSPS) is 16.4. The van der Waals surface area contributed by atoms with E-state index in [1.165, 1.54) is 19.1 Å². The summed E-state index contributed by atoms with van der Waals surface area (Å²) < 4.78 is 4.09. The van der Waals surface area contributed by atoms with Gasteiger partial charge in [0.1, 0.15) is 11.6 Å². The zero-order valence-corrected chi connectivity index (χ0v) is 23.7. The number of rotatable bonds is 8. The molecule has 3 amide bonds. The average Bonchev–Trinajstić information content (AvgIpc) is 3.16. The first-order valence-corrected chi connectivity index (χ1v) is 13.3. The number of nitriles is 1. The van der Waals surface area contributed by atoms with Gasteiger partial charge in [-0.15, -0.1) is 10.2 Å². The van der Waals surface area contributed by atoms with Gasteiger partial charge in [0, 0.05) is 36.9 Å². The van der Waals surface area contributed by atoms with Crippen LogP contribution in [0, 0.1) is 18.3 Å². The molecule has 0 saturated carbocycles. The number of nitrogens with zero attached hydrogens (tertiary/aromatic N) is 4. The van der Waals surface area contributed by atoms with Crippen LogP contribution in [0.2, 0.25) is 0 Å². The van der Waals surface area contributed by atoms with Gasteiger partial charge in [-0.1, -0.05) is 0 Å². The van der Waals surface area contributed by atoms with Crippen LogP contribution < -0.4 is 21.3 Å². The van der Waals surface area contributed by atoms with Gasteiger partial charge < -0.3 is 26.4 Å². The van der Waals surface area contributed by atoms with Gasteiger partial charge in [-0.2, -0.15) is 9.64 Å². The Kier molecular flexibility index (Phi) is 9.03. The van der Waals surface area contributed by atoms with Gasteiger partial charge in [-0.05, 0) is 71.1 Å². The van der Waals surface area contributed by atoms with Crippen LogP contribution >= 0.6 is 11.5 Å². The second-order valence-corrected chi connectivity index (χ2v) is 11.7. The van der Waals surface area contributed by atoms with Gasteiger partial charge in [0.05, 0.1) is 22.8 Å². The van der Waals surface area contributed by atoms with Crippen LogP contribution in [0.1, 0.15) is 71.6 Å². The minimum atomic E-state index is -0.501. The molecule has 208 valence electrons. The van der Waals surface area contributed by atoms with Crippen molar-refractivity contribution < 1.29 is 19.5 Å². The zero-order valence-electron chi connectivity index (χ0n) is 22.9. The summed E-state index contributed by atoms with van der Waals surface area (Å²) in [7, 11) is 0. The summed E-state index contributed by atoms with van der Waals surface area (Å²) >= 11 is 1.01. The Morgan fingerprint density at radius 2 is 1.69 bits per heavy atom. The van der Waals surface area contributed by atoms with Crippen LogP contribution in [0.15, 0.2) is 22.4 Å². The number of phenols is 1. The Balaban J connectivity index is 1.69. The highest BCUT2D eigenvalue weighted by molar-refractivity contribution is 7.10. The molecule has 2 heterocycles. The number of aryl methyl sites for hydroxylation is 1. The van der Waals surface area contributed by atoms with Crippen LogP contribution in [0.4, 0.5) is 22.1 Å². The first-order chi connectivity index (χ1) is 18.2. The molecule has 0 aliphatic carbocycles. The van der Waals surface area contributed by atoms with Crippen molar-refractivity contribution in [3.63, 3.8) is 0 Å². The predicted molar refractivity (Wildman–Crippen MR) is 148 cm³/mol. The highest BCUT2D eigenvalue weighted by Crippen LogP contribution is 2.38. The molecule has 3 rings (SSSR count). The minimum absolute atomic E-state index is 0.0107. The number of nitrogens with one attached hydrogen (secondary N) is 4. The Morgan fingerprint density at radius 1 is 1.10 bits per heavy atom. The number of aromatic nitrogens is 1. The number of hydrogen-bond acceptors (Lipinski definition) is 10. The average molecular weight is 555 g/mol. The Bertz CT molecular complexity index is 1330. The molecular weight excluding hydrogens is 520 g/mol. The Morgan fingerprint density at radius 3 is 2.28 bits per heavy atom. The lowest BCUT2D eigenvalue weighted by atomic mass is 9.79. The summed E-state index contributed by atoms with van der Waals surface area (Å²) in [5, 5.41) is 40.1. The van der Waals surface area contributed by atoms with Gasteiger partial charge in [-0.3, -0.25) is 14.4 Å². The number of carbonyl (C=O) groups excluding carboxylic acids is 3. The van der Waals surface area contributed by atoms with Crippen molar-refractivity contribution in [1.29, 1.82) is 5.26 Å². The van der Waals surface area contributed by atoms with Crippen molar-refractivity contribution in [2.24, 2.45) is 10.2 Å². The third-order valence-electron chi connectivity index (χ3n) is 6.03. The fourth-order valence-electron chi connectivity index (χ4n) is 4.88. The van der Waals surface area contributed by atoms with Crippen LogP contribution in [0.25, 0.3) is 0 Å². The molecule has 0 unspecified atom stereocenters. The van der Waals surface area contributed by atoms with Gasteiger partial charge in [0.2, 0.25) is 17.7 Å². The molecule has 1 aromatic carbocycles. The lowest BCUT2D eigenvalue weighted by Crippen LogP contribution is -2.62. The lowest BCUT2D eigenvalue weighted by molar-refractivity contribution is -0.125. The van der Waals surface area contributed by atoms with Crippen molar-refractivity contribution in [2.75, 3.05) is 10.6 Å². The van der Waals surface area contributed by atoms with E-state index in [2.05, 4.69) is 63.6 Å². The third kappa shape index (κ3) is 8.30. The molecule has 0 spiro atoms. The summed E-state index contributed by atoms with van der Waals surface area (Å²) in [6.07, 6.45) is 1.39. The van der Waals surface area contributed by atoms with E-state index in [0.29, 0.717) is 16.3 Å². The maximum absolute atomic E-state index is 12.7. The van der Waals surface area contributed by atoms with Crippen molar-refractivity contribution in [3.8, 4) is 11.8 Å². The Hall–Kier alpha value is -3.89. The number of carbonyl (C=O) groups is 3. The van der Waals surface area contributed by atoms with Crippen LogP contribution in [-0.2, 0) is 14.4 Å².